The number of nitriles is 1. The maximum atomic E-state index is 13.7. The van der Waals surface area contributed by atoms with Gasteiger partial charge in [-0.25, -0.2) is 4.39 Å². The number of hydrogen-bond acceptors (Lipinski definition) is 3. The zero-order valence-corrected chi connectivity index (χ0v) is 13.4. The maximum absolute atomic E-state index is 13.7. The summed E-state index contributed by atoms with van der Waals surface area (Å²) in [4.78, 5) is 16.1. The second-order valence-corrected chi connectivity index (χ2v) is 6.85. The molecule has 0 saturated carbocycles. The number of piperazine rings is 1. The van der Waals surface area contributed by atoms with E-state index in [1.54, 1.807) is 12.1 Å². The molecule has 0 unspecified atom stereocenters. The van der Waals surface area contributed by atoms with Gasteiger partial charge < -0.3 is 9.80 Å². The largest absolute Gasteiger partial charge is 0.367 e. The molecule has 1 amide bonds. The lowest BCUT2D eigenvalue weighted by molar-refractivity contribution is -0.133. The van der Waals surface area contributed by atoms with E-state index in [0.29, 0.717) is 38.3 Å². The second-order valence-electron chi connectivity index (χ2n) is 6.85. The van der Waals surface area contributed by atoms with Gasteiger partial charge in [0.15, 0.2) is 0 Å². The van der Waals surface area contributed by atoms with Gasteiger partial charge in [-0.3, -0.25) is 4.79 Å². The van der Waals surface area contributed by atoms with E-state index in [0.717, 1.165) is 0 Å². The number of carbonyl (C=O) groups is 1. The molecule has 4 nitrogen and oxygen atoms in total. The minimum Gasteiger partial charge on any atom is -0.367 e. The SMILES string of the molecule is CC(C)(C)CC(=O)N1CCN(c2cccc(F)c2C#N)CC1. The summed E-state index contributed by atoms with van der Waals surface area (Å²) < 4.78 is 13.7. The number of rotatable bonds is 2. The van der Waals surface area contributed by atoms with Crippen molar-refractivity contribution in [3.8, 4) is 6.07 Å². The molecule has 1 aromatic rings. The van der Waals surface area contributed by atoms with Crippen molar-refractivity contribution < 1.29 is 9.18 Å². The predicted molar refractivity (Wildman–Crippen MR) is 84.0 cm³/mol. The van der Waals surface area contributed by atoms with Crippen LogP contribution < -0.4 is 4.90 Å². The Labute approximate surface area is 131 Å². The molecule has 0 aromatic heterocycles. The molecule has 0 atom stereocenters. The molecule has 1 aromatic carbocycles. The summed E-state index contributed by atoms with van der Waals surface area (Å²) in [5, 5.41) is 9.12. The summed E-state index contributed by atoms with van der Waals surface area (Å²) >= 11 is 0. The van der Waals surface area contributed by atoms with Gasteiger partial charge in [0.2, 0.25) is 5.91 Å². The highest BCUT2D eigenvalue weighted by Gasteiger charge is 2.26. The molecular weight excluding hydrogens is 281 g/mol. The Morgan fingerprint density at radius 1 is 1.27 bits per heavy atom. The van der Waals surface area contributed by atoms with Crippen molar-refractivity contribution in [1.82, 2.24) is 4.90 Å². The average molecular weight is 303 g/mol. The van der Waals surface area contributed by atoms with Gasteiger partial charge in [-0.1, -0.05) is 26.8 Å². The summed E-state index contributed by atoms with van der Waals surface area (Å²) in [6.45, 7) is 8.60. The van der Waals surface area contributed by atoms with Crippen LogP contribution in [0.3, 0.4) is 0 Å². The standard InChI is InChI=1S/C17H22FN3O/c1-17(2,3)11-16(22)21-9-7-20(8-10-21)15-6-4-5-14(18)13(15)12-19/h4-6H,7-11H2,1-3H3. The molecule has 0 N–H and O–H groups in total. The Bertz CT molecular complexity index is 593. The number of anilines is 1. The van der Waals surface area contributed by atoms with Crippen LogP contribution in [0.1, 0.15) is 32.8 Å². The lowest BCUT2D eigenvalue weighted by Gasteiger charge is -2.37. The van der Waals surface area contributed by atoms with Crippen molar-refractivity contribution in [2.75, 3.05) is 31.1 Å². The highest BCUT2D eigenvalue weighted by atomic mass is 19.1. The Hall–Kier alpha value is -2.09. The monoisotopic (exact) mass is 303 g/mol. The zero-order valence-electron chi connectivity index (χ0n) is 13.4. The third-order valence-electron chi connectivity index (χ3n) is 3.76. The number of carbonyl (C=O) groups excluding carboxylic acids is 1. The van der Waals surface area contributed by atoms with E-state index < -0.39 is 5.82 Å². The molecule has 1 fully saturated rings. The Kier molecular flexibility index (Phi) is 4.70. The summed E-state index contributed by atoms with van der Waals surface area (Å²) in [6.07, 6.45) is 0.524. The highest BCUT2D eigenvalue weighted by Crippen LogP contribution is 2.25. The molecule has 1 aliphatic rings. The Morgan fingerprint density at radius 3 is 2.45 bits per heavy atom. The van der Waals surface area contributed by atoms with Crippen LogP contribution in [-0.2, 0) is 4.79 Å². The molecule has 1 aliphatic heterocycles. The lowest BCUT2D eigenvalue weighted by atomic mass is 9.91. The summed E-state index contributed by atoms with van der Waals surface area (Å²) in [7, 11) is 0. The molecule has 0 aliphatic carbocycles. The van der Waals surface area contributed by atoms with Crippen LogP contribution in [0.15, 0.2) is 18.2 Å². The van der Waals surface area contributed by atoms with Crippen molar-refractivity contribution >= 4 is 11.6 Å². The maximum Gasteiger partial charge on any atom is 0.223 e. The van der Waals surface area contributed by atoms with Crippen molar-refractivity contribution in [1.29, 1.82) is 5.26 Å². The van der Waals surface area contributed by atoms with Crippen LogP contribution in [0.25, 0.3) is 0 Å². The third-order valence-corrected chi connectivity index (χ3v) is 3.76. The van der Waals surface area contributed by atoms with E-state index >= 15 is 0 Å². The third kappa shape index (κ3) is 3.76. The first-order valence-corrected chi connectivity index (χ1v) is 7.53. The molecule has 22 heavy (non-hydrogen) atoms. The van der Waals surface area contributed by atoms with Crippen LogP contribution in [0.4, 0.5) is 10.1 Å². The van der Waals surface area contributed by atoms with E-state index in [9.17, 15) is 9.18 Å². The molecule has 0 bridgehead atoms. The molecule has 0 radical (unpaired) electrons. The average Bonchev–Trinajstić information content (AvgIpc) is 2.45. The van der Waals surface area contributed by atoms with Gasteiger partial charge in [0.1, 0.15) is 17.4 Å². The van der Waals surface area contributed by atoms with Crippen LogP contribution in [-0.4, -0.2) is 37.0 Å². The minimum absolute atomic E-state index is 0.0231. The van der Waals surface area contributed by atoms with E-state index in [1.165, 1.54) is 6.07 Å². The number of halogens is 1. The van der Waals surface area contributed by atoms with Gasteiger partial charge in [-0.2, -0.15) is 5.26 Å². The Morgan fingerprint density at radius 2 is 1.91 bits per heavy atom. The minimum atomic E-state index is -0.494. The molecule has 1 heterocycles. The van der Waals surface area contributed by atoms with E-state index in [1.807, 2.05) is 36.6 Å². The van der Waals surface area contributed by atoms with Crippen LogP contribution >= 0.6 is 0 Å². The predicted octanol–water partition coefficient (Wildman–Crippen LogP) is 2.78. The first-order valence-electron chi connectivity index (χ1n) is 7.53. The molecule has 1 saturated heterocycles. The van der Waals surface area contributed by atoms with Crippen LogP contribution in [0.2, 0.25) is 0 Å². The second kappa shape index (κ2) is 6.35. The van der Waals surface area contributed by atoms with Gasteiger partial charge >= 0.3 is 0 Å². The first kappa shape index (κ1) is 16.3. The fraction of sp³-hybridized carbons (Fsp3) is 0.529. The Balaban J connectivity index is 2.03. The molecular formula is C17H22FN3O. The summed E-state index contributed by atoms with van der Waals surface area (Å²) in [5.41, 5.74) is 0.674. The van der Waals surface area contributed by atoms with E-state index in [4.69, 9.17) is 5.26 Å². The van der Waals surface area contributed by atoms with Crippen molar-refractivity contribution in [2.24, 2.45) is 5.41 Å². The fourth-order valence-corrected chi connectivity index (χ4v) is 2.65. The van der Waals surface area contributed by atoms with E-state index in [2.05, 4.69) is 0 Å². The molecule has 0 spiro atoms. The molecule has 5 heteroatoms. The van der Waals surface area contributed by atoms with Gasteiger partial charge in [0, 0.05) is 32.6 Å². The zero-order chi connectivity index (χ0) is 16.3. The topological polar surface area (TPSA) is 47.3 Å². The first-order chi connectivity index (χ1) is 10.3. The summed E-state index contributed by atoms with van der Waals surface area (Å²) in [6, 6.07) is 6.60. The quantitative estimate of drug-likeness (QED) is 0.844. The number of hydrogen-bond donors (Lipinski definition) is 0. The van der Waals surface area contributed by atoms with Gasteiger partial charge in [-0.05, 0) is 17.5 Å². The van der Waals surface area contributed by atoms with Crippen molar-refractivity contribution in [3.63, 3.8) is 0 Å². The lowest BCUT2D eigenvalue weighted by Crippen LogP contribution is -2.49. The fourth-order valence-electron chi connectivity index (χ4n) is 2.65. The van der Waals surface area contributed by atoms with Crippen LogP contribution in [0.5, 0.6) is 0 Å². The highest BCUT2D eigenvalue weighted by molar-refractivity contribution is 5.77. The smallest absolute Gasteiger partial charge is 0.223 e. The van der Waals surface area contributed by atoms with E-state index in [-0.39, 0.29) is 16.9 Å². The normalized spacial score (nSPS) is 15.6. The molecule has 2 rings (SSSR count). The van der Waals surface area contributed by atoms with Crippen molar-refractivity contribution in [3.05, 3.63) is 29.6 Å². The van der Waals surface area contributed by atoms with Gasteiger partial charge in [-0.15, -0.1) is 0 Å². The summed E-state index contributed by atoms with van der Waals surface area (Å²) in [5.74, 6) is -0.335. The van der Waals surface area contributed by atoms with Crippen molar-refractivity contribution in [2.45, 2.75) is 27.2 Å². The number of nitrogens with zero attached hydrogens (tertiary/aromatic N) is 3. The number of amides is 1. The van der Waals surface area contributed by atoms with Crippen LogP contribution in [0, 0.1) is 22.6 Å². The van der Waals surface area contributed by atoms with Gasteiger partial charge in [0.25, 0.3) is 0 Å². The number of benzene rings is 1. The molecule has 118 valence electrons. The van der Waals surface area contributed by atoms with Gasteiger partial charge in [0.05, 0.1) is 5.69 Å².